The van der Waals surface area contributed by atoms with Crippen molar-refractivity contribution in [3.63, 3.8) is 0 Å². The third-order valence-electron chi connectivity index (χ3n) is 2.81. The average Bonchev–Trinajstić information content (AvgIpc) is 2.62. The van der Waals surface area contributed by atoms with E-state index < -0.39 is 0 Å². The van der Waals surface area contributed by atoms with Crippen LogP contribution in [-0.2, 0) is 14.2 Å². The second kappa shape index (κ2) is 3.60. The average molecular weight is 182 g/mol. The molecule has 0 amide bonds. The molecule has 0 aromatic rings. The maximum Gasteiger partial charge on any atom is 0.118 e. The first-order valence-electron chi connectivity index (χ1n) is 4.78. The molecule has 2 bridgehead atoms. The SMILES string of the molecule is [B]CCC1OC2(COC)COC1C2. The smallest absolute Gasteiger partial charge is 0.118 e. The van der Waals surface area contributed by atoms with E-state index in [1.807, 2.05) is 0 Å². The number of hydrogen-bond donors (Lipinski definition) is 0. The Morgan fingerprint density at radius 2 is 2.46 bits per heavy atom. The molecule has 4 heteroatoms. The molecule has 2 heterocycles. The summed E-state index contributed by atoms with van der Waals surface area (Å²) < 4.78 is 16.6. The molecular formula is C9H15BO3. The zero-order chi connectivity index (χ0) is 9.31. The fourth-order valence-electron chi connectivity index (χ4n) is 2.27. The highest BCUT2D eigenvalue weighted by Crippen LogP contribution is 2.41. The highest BCUT2D eigenvalue weighted by atomic mass is 16.6. The van der Waals surface area contributed by atoms with Crippen molar-refractivity contribution in [3.05, 3.63) is 0 Å². The molecule has 0 aromatic carbocycles. The van der Waals surface area contributed by atoms with Gasteiger partial charge in [-0.15, -0.1) is 0 Å². The van der Waals surface area contributed by atoms with E-state index in [2.05, 4.69) is 0 Å². The molecule has 0 saturated carbocycles. The topological polar surface area (TPSA) is 27.7 Å². The largest absolute Gasteiger partial charge is 0.382 e. The van der Waals surface area contributed by atoms with Gasteiger partial charge in [0, 0.05) is 13.5 Å². The summed E-state index contributed by atoms with van der Waals surface area (Å²) in [6.07, 6.45) is 2.95. The second-order valence-electron chi connectivity index (χ2n) is 3.90. The van der Waals surface area contributed by atoms with Crippen LogP contribution >= 0.6 is 0 Å². The number of methoxy groups -OCH3 is 1. The van der Waals surface area contributed by atoms with Gasteiger partial charge in [-0.05, 0) is 6.42 Å². The second-order valence-corrected chi connectivity index (χ2v) is 3.90. The van der Waals surface area contributed by atoms with Gasteiger partial charge in [-0.3, -0.25) is 0 Å². The molecule has 72 valence electrons. The van der Waals surface area contributed by atoms with Gasteiger partial charge in [-0.2, -0.15) is 0 Å². The summed E-state index contributed by atoms with van der Waals surface area (Å²) >= 11 is 0. The predicted octanol–water partition coefficient (Wildman–Crippen LogP) is 0.536. The molecule has 2 fully saturated rings. The summed E-state index contributed by atoms with van der Waals surface area (Å²) in [5, 5.41) is 0. The minimum Gasteiger partial charge on any atom is -0.382 e. The highest BCUT2D eigenvalue weighted by molar-refractivity contribution is 6.08. The van der Waals surface area contributed by atoms with Crippen molar-refractivity contribution < 1.29 is 14.2 Å². The van der Waals surface area contributed by atoms with Gasteiger partial charge in [0.1, 0.15) is 5.60 Å². The summed E-state index contributed by atoms with van der Waals surface area (Å²) in [5.41, 5.74) is -0.167. The molecule has 3 unspecified atom stereocenters. The van der Waals surface area contributed by atoms with Crippen molar-refractivity contribution >= 4 is 7.85 Å². The monoisotopic (exact) mass is 182 g/mol. The van der Waals surface area contributed by atoms with E-state index in [1.54, 1.807) is 7.11 Å². The van der Waals surface area contributed by atoms with Crippen LogP contribution in [0.15, 0.2) is 0 Å². The van der Waals surface area contributed by atoms with Crippen molar-refractivity contribution in [1.82, 2.24) is 0 Å². The molecule has 2 saturated heterocycles. The van der Waals surface area contributed by atoms with Crippen LogP contribution in [-0.4, -0.2) is 46.0 Å². The zero-order valence-corrected chi connectivity index (χ0v) is 7.99. The van der Waals surface area contributed by atoms with E-state index >= 15 is 0 Å². The normalized spacial score (nSPS) is 42.8. The van der Waals surface area contributed by atoms with Gasteiger partial charge in [0.05, 0.1) is 33.3 Å². The summed E-state index contributed by atoms with van der Waals surface area (Å²) in [6, 6.07) is 0. The van der Waals surface area contributed by atoms with E-state index in [-0.39, 0.29) is 17.8 Å². The van der Waals surface area contributed by atoms with Crippen LogP contribution in [0.4, 0.5) is 0 Å². The van der Waals surface area contributed by atoms with E-state index in [0.29, 0.717) is 19.5 Å². The van der Waals surface area contributed by atoms with Gasteiger partial charge in [-0.1, -0.05) is 6.32 Å². The van der Waals surface area contributed by atoms with Crippen molar-refractivity contribution in [2.24, 2.45) is 0 Å². The molecule has 0 aromatic heterocycles. The Morgan fingerprint density at radius 1 is 1.62 bits per heavy atom. The lowest BCUT2D eigenvalue weighted by Crippen LogP contribution is -2.40. The number of rotatable bonds is 4. The molecule has 3 atom stereocenters. The molecule has 2 aliphatic rings. The Balaban J connectivity index is 1.96. The minimum absolute atomic E-state index is 0.167. The van der Waals surface area contributed by atoms with Crippen LogP contribution in [0.3, 0.4) is 0 Å². The molecule has 0 aliphatic carbocycles. The van der Waals surface area contributed by atoms with Gasteiger partial charge in [0.2, 0.25) is 0 Å². The number of fused-ring (bicyclic) bond motifs is 2. The van der Waals surface area contributed by atoms with Crippen molar-refractivity contribution in [1.29, 1.82) is 0 Å². The Morgan fingerprint density at radius 3 is 3.15 bits per heavy atom. The van der Waals surface area contributed by atoms with Gasteiger partial charge < -0.3 is 14.2 Å². The van der Waals surface area contributed by atoms with Crippen LogP contribution in [0.25, 0.3) is 0 Å². The van der Waals surface area contributed by atoms with Gasteiger partial charge in [0.15, 0.2) is 0 Å². The Labute approximate surface area is 80.1 Å². The lowest BCUT2D eigenvalue weighted by atomic mass is 9.96. The van der Waals surface area contributed by atoms with Gasteiger partial charge in [-0.25, -0.2) is 0 Å². The third kappa shape index (κ3) is 1.63. The molecule has 2 rings (SSSR count). The summed E-state index contributed by atoms with van der Waals surface area (Å²) in [4.78, 5) is 0. The first-order valence-corrected chi connectivity index (χ1v) is 4.78. The fourth-order valence-corrected chi connectivity index (χ4v) is 2.27. The third-order valence-corrected chi connectivity index (χ3v) is 2.81. The molecule has 0 N–H and O–H groups in total. The van der Waals surface area contributed by atoms with Crippen molar-refractivity contribution in [2.45, 2.75) is 37.0 Å². The summed E-state index contributed by atoms with van der Waals surface area (Å²) in [6.45, 7) is 1.30. The standard InChI is InChI=1S/C9H15BO3/c1-11-5-9-4-8(12-6-9)7(13-9)2-3-10/h7-8H,2-6H2,1H3. The van der Waals surface area contributed by atoms with Gasteiger partial charge in [0.25, 0.3) is 0 Å². The maximum atomic E-state index is 5.90. The Hall–Kier alpha value is -0.0551. The van der Waals surface area contributed by atoms with E-state index in [4.69, 9.17) is 22.1 Å². The minimum atomic E-state index is -0.167. The Kier molecular flexibility index (Phi) is 2.63. The highest BCUT2D eigenvalue weighted by Gasteiger charge is 2.52. The quantitative estimate of drug-likeness (QED) is 0.593. The van der Waals surface area contributed by atoms with Crippen molar-refractivity contribution in [2.75, 3.05) is 20.3 Å². The van der Waals surface area contributed by atoms with Crippen molar-refractivity contribution in [3.8, 4) is 0 Å². The fraction of sp³-hybridized carbons (Fsp3) is 1.00. The summed E-state index contributed by atoms with van der Waals surface area (Å²) in [5.74, 6) is 0. The first kappa shape index (κ1) is 9.50. The van der Waals surface area contributed by atoms with E-state index in [1.165, 1.54) is 0 Å². The lowest BCUT2D eigenvalue weighted by Gasteiger charge is -2.30. The number of ether oxygens (including phenoxy) is 3. The lowest BCUT2D eigenvalue weighted by molar-refractivity contribution is -0.160. The van der Waals surface area contributed by atoms with E-state index in [0.717, 1.165) is 12.8 Å². The van der Waals surface area contributed by atoms with Crippen LogP contribution in [0.1, 0.15) is 12.8 Å². The maximum absolute atomic E-state index is 5.90. The summed E-state index contributed by atoms with van der Waals surface area (Å²) in [7, 11) is 7.19. The molecule has 13 heavy (non-hydrogen) atoms. The zero-order valence-electron chi connectivity index (χ0n) is 7.99. The number of hydrogen-bond acceptors (Lipinski definition) is 3. The van der Waals surface area contributed by atoms with Crippen LogP contribution in [0, 0.1) is 0 Å². The predicted molar refractivity (Wildman–Crippen MR) is 49.0 cm³/mol. The molecular weight excluding hydrogens is 167 g/mol. The first-order chi connectivity index (χ1) is 6.29. The Bertz CT molecular complexity index is 188. The van der Waals surface area contributed by atoms with E-state index in [9.17, 15) is 0 Å². The molecule has 0 spiro atoms. The molecule has 2 aliphatic heterocycles. The van der Waals surface area contributed by atoms with Gasteiger partial charge >= 0.3 is 0 Å². The van der Waals surface area contributed by atoms with Crippen LogP contribution in [0.5, 0.6) is 0 Å². The molecule has 2 radical (unpaired) electrons. The van der Waals surface area contributed by atoms with Crippen LogP contribution < -0.4 is 0 Å². The van der Waals surface area contributed by atoms with Crippen LogP contribution in [0.2, 0.25) is 6.32 Å². The molecule has 3 nitrogen and oxygen atoms in total.